The van der Waals surface area contributed by atoms with E-state index in [0.717, 1.165) is 25.3 Å². The van der Waals surface area contributed by atoms with Gasteiger partial charge >= 0.3 is 0 Å². The number of nitrogens with one attached hydrogen (secondary N) is 1. The number of hydrogen-bond donors (Lipinski definition) is 2. The molecule has 0 spiro atoms. The second kappa shape index (κ2) is 4.95. The van der Waals surface area contributed by atoms with Crippen molar-refractivity contribution in [3.8, 4) is 0 Å². The molecule has 0 saturated carbocycles. The molecular formula is C9H16N2O. The van der Waals surface area contributed by atoms with Crippen molar-refractivity contribution in [1.82, 2.24) is 5.32 Å². The van der Waals surface area contributed by atoms with Crippen LogP contribution in [0.3, 0.4) is 0 Å². The van der Waals surface area contributed by atoms with Crippen molar-refractivity contribution < 1.29 is 4.42 Å². The maximum Gasteiger partial charge on any atom is 0.117 e. The lowest BCUT2D eigenvalue weighted by Gasteiger charge is -2.08. The molecule has 1 aromatic rings. The van der Waals surface area contributed by atoms with E-state index in [0.29, 0.717) is 0 Å². The summed E-state index contributed by atoms with van der Waals surface area (Å²) >= 11 is 0. The van der Waals surface area contributed by atoms with E-state index >= 15 is 0 Å². The Morgan fingerprint density at radius 3 is 3.08 bits per heavy atom. The van der Waals surface area contributed by atoms with Crippen molar-refractivity contribution in [2.45, 2.75) is 25.9 Å². The Bertz CT molecular complexity index is 196. The van der Waals surface area contributed by atoms with Crippen LogP contribution in [0.25, 0.3) is 0 Å². The van der Waals surface area contributed by atoms with E-state index < -0.39 is 0 Å². The minimum Gasteiger partial charge on any atom is -0.468 e. The van der Waals surface area contributed by atoms with Gasteiger partial charge in [0.25, 0.3) is 0 Å². The highest BCUT2D eigenvalue weighted by molar-refractivity contribution is 4.97. The molecule has 0 saturated heterocycles. The van der Waals surface area contributed by atoms with Crippen molar-refractivity contribution in [2.75, 3.05) is 6.54 Å². The van der Waals surface area contributed by atoms with Crippen molar-refractivity contribution in [3.63, 3.8) is 0 Å². The van der Waals surface area contributed by atoms with Crippen molar-refractivity contribution >= 4 is 0 Å². The van der Waals surface area contributed by atoms with Crippen LogP contribution in [-0.4, -0.2) is 12.6 Å². The molecule has 0 fully saturated rings. The summed E-state index contributed by atoms with van der Waals surface area (Å²) < 4.78 is 5.15. The highest BCUT2D eigenvalue weighted by Gasteiger charge is 1.98. The average Bonchev–Trinajstić information content (AvgIpc) is 2.57. The first kappa shape index (κ1) is 9.29. The van der Waals surface area contributed by atoms with E-state index in [4.69, 9.17) is 10.2 Å². The first-order chi connectivity index (χ1) is 5.83. The second-order valence-electron chi connectivity index (χ2n) is 2.88. The molecule has 0 aromatic carbocycles. The molecule has 0 amide bonds. The van der Waals surface area contributed by atoms with Gasteiger partial charge < -0.3 is 15.5 Å². The van der Waals surface area contributed by atoms with E-state index in [2.05, 4.69) is 12.2 Å². The summed E-state index contributed by atoms with van der Waals surface area (Å²) in [5.41, 5.74) is 5.72. The lowest BCUT2D eigenvalue weighted by atomic mass is 10.2. The molecule has 1 atom stereocenters. The summed E-state index contributed by atoms with van der Waals surface area (Å²) in [6, 6.07) is 4.08. The predicted molar refractivity (Wildman–Crippen MR) is 48.7 cm³/mol. The standard InChI is InChI=1S/C9H16N2O/c1-2-8(10)6-11-7-9-4-3-5-12-9/h3-5,8,11H,2,6-7,10H2,1H3. The minimum atomic E-state index is 0.250. The SMILES string of the molecule is CCC(N)CNCc1ccco1. The van der Waals surface area contributed by atoms with Gasteiger partial charge in [-0.1, -0.05) is 6.92 Å². The number of nitrogens with two attached hydrogens (primary N) is 1. The largest absolute Gasteiger partial charge is 0.468 e. The first-order valence-electron chi connectivity index (χ1n) is 4.31. The van der Waals surface area contributed by atoms with Gasteiger partial charge in [-0.05, 0) is 18.6 Å². The lowest BCUT2D eigenvalue weighted by molar-refractivity contribution is 0.469. The van der Waals surface area contributed by atoms with Gasteiger partial charge in [0.05, 0.1) is 12.8 Å². The number of furan rings is 1. The van der Waals surface area contributed by atoms with Crippen molar-refractivity contribution in [1.29, 1.82) is 0 Å². The van der Waals surface area contributed by atoms with Crippen LogP contribution in [0, 0.1) is 0 Å². The Labute approximate surface area is 72.9 Å². The topological polar surface area (TPSA) is 51.2 Å². The van der Waals surface area contributed by atoms with E-state index in [-0.39, 0.29) is 6.04 Å². The molecule has 0 aliphatic heterocycles. The highest BCUT2D eigenvalue weighted by atomic mass is 16.3. The monoisotopic (exact) mass is 168 g/mol. The van der Waals surface area contributed by atoms with Crippen LogP contribution in [0.2, 0.25) is 0 Å². The molecule has 12 heavy (non-hydrogen) atoms. The van der Waals surface area contributed by atoms with E-state index in [1.54, 1.807) is 6.26 Å². The Balaban J connectivity index is 2.11. The molecular weight excluding hydrogens is 152 g/mol. The molecule has 68 valence electrons. The predicted octanol–water partition coefficient (Wildman–Crippen LogP) is 1.11. The summed E-state index contributed by atoms with van der Waals surface area (Å²) in [6.45, 7) is 3.69. The molecule has 3 nitrogen and oxygen atoms in total. The third-order valence-corrected chi connectivity index (χ3v) is 1.81. The van der Waals surface area contributed by atoms with Gasteiger partial charge in [-0.3, -0.25) is 0 Å². The normalized spacial score (nSPS) is 13.2. The van der Waals surface area contributed by atoms with Gasteiger partial charge in [0.15, 0.2) is 0 Å². The molecule has 0 bridgehead atoms. The van der Waals surface area contributed by atoms with Crippen molar-refractivity contribution in [2.24, 2.45) is 5.73 Å². The molecule has 1 heterocycles. The first-order valence-corrected chi connectivity index (χ1v) is 4.31. The number of hydrogen-bond acceptors (Lipinski definition) is 3. The second-order valence-corrected chi connectivity index (χ2v) is 2.88. The molecule has 0 aliphatic carbocycles. The van der Waals surface area contributed by atoms with E-state index in [9.17, 15) is 0 Å². The smallest absolute Gasteiger partial charge is 0.117 e. The van der Waals surface area contributed by atoms with Gasteiger partial charge in [-0.25, -0.2) is 0 Å². The molecule has 1 aromatic heterocycles. The zero-order valence-corrected chi connectivity index (χ0v) is 7.42. The molecule has 0 radical (unpaired) electrons. The van der Waals surface area contributed by atoms with Gasteiger partial charge in [0.1, 0.15) is 5.76 Å². The summed E-state index contributed by atoms with van der Waals surface area (Å²) in [7, 11) is 0. The lowest BCUT2D eigenvalue weighted by Crippen LogP contribution is -2.32. The highest BCUT2D eigenvalue weighted by Crippen LogP contribution is 1.98. The van der Waals surface area contributed by atoms with E-state index in [1.165, 1.54) is 0 Å². The summed E-state index contributed by atoms with van der Waals surface area (Å²) in [5, 5.41) is 3.22. The fourth-order valence-electron chi connectivity index (χ4n) is 0.938. The zero-order chi connectivity index (χ0) is 8.81. The third kappa shape index (κ3) is 3.07. The molecule has 3 N–H and O–H groups in total. The fraction of sp³-hybridized carbons (Fsp3) is 0.556. The van der Waals surface area contributed by atoms with Gasteiger partial charge in [0.2, 0.25) is 0 Å². The molecule has 1 unspecified atom stereocenters. The maximum absolute atomic E-state index is 5.72. The Morgan fingerprint density at radius 1 is 1.67 bits per heavy atom. The fourth-order valence-corrected chi connectivity index (χ4v) is 0.938. The van der Waals surface area contributed by atoms with Crippen LogP contribution >= 0.6 is 0 Å². The van der Waals surface area contributed by atoms with Gasteiger partial charge in [-0.2, -0.15) is 0 Å². The summed E-state index contributed by atoms with van der Waals surface area (Å²) in [5.74, 6) is 0.957. The van der Waals surface area contributed by atoms with Crippen LogP contribution in [-0.2, 0) is 6.54 Å². The third-order valence-electron chi connectivity index (χ3n) is 1.81. The van der Waals surface area contributed by atoms with Crippen LogP contribution < -0.4 is 11.1 Å². The minimum absolute atomic E-state index is 0.250. The molecule has 0 aliphatic rings. The quantitative estimate of drug-likeness (QED) is 0.692. The van der Waals surface area contributed by atoms with Crippen LogP contribution in [0.5, 0.6) is 0 Å². The number of rotatable bonds is 5. The van der Waals surface area contributed by atoms with E-state index in [1.807, 2.05) is 12.1 Å². The van der Waals surface area contributed by atoms with Crippen molar-refractivity contribution in [3.05, 3.63) is 24.2 Å². The Kier molecular flexibility index (Phi) is 3.84. The Hall–Kier alpha value is -0.800. The van der Waals surface area contributed by atoms with Gasteiger partial charge in [-0.15, -0.1) is 0 Å². The van der Waals surface area contributed by atoms with Crippen LogP contribution in [0.1, 0.15) is 19.1 Å². The van der Waals surface area contributed by atoms with Gasteiger partial charge in [0, 0.05) is 12.6 Å². The zero-order valence-electron chi connectivity index (χ0n) is 7.42. The molecule has 1 rings (SSSR count). The summed E-state index contributed by atoms with van der Waals surface area (Å²) in [6.07, 6.45) is 2.68. The average molecular weight is 168 g/mol. The Morgan fingerprint density at radius 2 is 2.50 bits per heavy atom. The van der Waals surface area contributed by atoms with Crippen LogP contribution in [0.15, 0.2) is 22.8 Å². The maximum atomic E-state index is 5.72. The summed E-state index contributed by atoms with van der Waals surface area (Å²) in [4.78, 5) is 0. The molecule has 3 heteroatoms. The van der Waals surface area contributed by atoms with Crippen LogP contribution in [0.4, 0.5) is 0 Å².